The Morgan fingerprint density at radius 3 is 2.87 bits per heavy atom. The van der Waals surface area contributed by atoms with Crippen LogP contribution in [0.4, 0.5) is 14.5 Å². The van der Waals surface area contributed by atoms with Gasteiger partial charge in [-0.05, 0) is 25.0 Å². The van der Waals surface area contributed by atoms with Gasteiger partial charge in [0.05, 0.1) is 11.8 Å². The zero-order valence-electron chi connectivity index (χ0n) is 13.7. The number of fused-ring (bicyclic) bond motifs is 1. The molecule has 0 aromatic heterocycles. The second kappa shape index (κ2) is 5.42. The van der Waals surface area contributed by atoms with Gasteiger partial charge < -0.3 is 15.0 Å². The molecule has 1 saturated carbocycles. The van der Waals surface area contributed by atoms with Crippen molar-refractivity contribution in [2.24, 2.45) is 11.3 Å². The molecular formula is C18H24F2N2O. The summed E-state index contributed by atoms with van der Waals surface area (Å²) < 4.78 is 32.9. The summed E-state index contributed by atoms with van der Waals surface area (Å²) in [6, 6.07) is 4.66. The molecule has 0 bridgehead atoms. The van der Waals surface area contributed by atoms with Crippen molar-refractivity contribution >= 4 is 5.69 Å². The maximum atomic E-state index is 13.9. The van der Waals surface area contributed by atoms with E-state index >= 15 is 0 Å². The van der Waals surface area contributed by atoms with E-state index in [4.69, 9.17) is 4.74 Å². The molecule has 23 heavy (non-hydrogen) atoms. The van der Waals surface area contributed by atoms with Gasteiger partial charge in [-0.15, -0.1) is 0 Å². The fourth-order valence-electron chi connectivity index (χ4n) is 4.77. The van der Waals surface area contributed by atoms with E-state index in [-0.39, 0.29) is 5.41 Å². The summed E-state index contributed by atoms with van der Waals surface area (Å²) in [5.41, 5.74) is 0.668. The summed E-state index contributed by atoms with van der Waals surface area (Å²) in [6.07, 6.45) is 2.50. The van der Waals surface area contributed by atoms with Gasteiger partial charge in [0.1, 0.15) is 11.6 Å². The van der Waals surface area contributed by atoms with Gasteiger partial charge in [-0.3, -0.25) is 0 Å². The predicted octanol–water partition coefficient (Wildman–Crippen LogP) is 2.95. The van der Waals surface area contributed by atoms with Gasteiger partial charge in [0.2, 0.25) is 0 Å². The molecule has 0 amide bonds. The zero-order valence-corrected chi connectivity index (χ0v) is 13.7. The molecule has 4 atom stereocenters. The van der Waals surface area contributed by atoms with Crippen molar-refractivity contribution < 1.29 is 13.5 Å². The van der Waals surface area contributed by atoms with Gasteiger partial charge in [-0.1, -0.05) is 13.8 Å². The van der Waals surface area contributed by atoms with E-state index in [1.165, 1.54) is 6.07 Å². The molecule has 0 spiro atoms. The van der Waals surface area contributed by atoms with Crippen molar-refractivity contribution in [2.75, 3.05) is 24.6 Å². The molecule has 4 rings (SSSR count). The molecule has 3 fully saturated rings. The number of nitrogens with zero attached hydrogens (tertiary/aromatic N) is 1. The van der Waals surface area contributed by atoms with Crippen LogP contribution in [-0.4, -0.2) is 37.9 Å². The minimum absolute atomic E-state index is 0.162. The smallest absolute Gasteiger partial charge is 0.149 e. The lowest BCUT2D eigenvalue weighted by Gasteiger charge is -2.55. The number of hydrogen-bond acceptors (Lipinski definition) is 3. The van der Waals surface area contributed by atoms with Crippen LogP contribution in [0.25, 0.3) is 0 Å². The number of anilines is 1. The van der Waals surface area contributed by atoms with Crippen LogP contribution in [0.15, 0.2) is 18.2 Å². The normalized spacial score (nSPS) is 35.2. The Labute approximate surface area is 136 Å². The van der Waals surface area contributed by atoms with Crippen LogP contribution in [0.1, 0.15) is 26.7 Å². The van der Waals surface area contributed by atoms with Crippen molar-refractivity contribution in [3.63, 3.8) is 0 Å². The molecule has 3 aliphatic rings. The average Bonchev–Trinajstić information content (AvgIpc) is 3.12. The molecule has 1 aromatic rings. The lowest BCUT2D eigenvalue weighted by molar-refractivity contribution is -0.114. The SMILES string of the molecule is CC1(C)[C@H](N[C@@H]2CCN(c3ccc(F)cc3F)C2)[C@H]2CCO[C@H]21. The summed E-state index contributed by atoms with van der Waals surface area (Å²) >= 11 is 0. The second-order valence-electron chi connectivity index (χ2n) is 7.74. The van der Waals surface area contributed by atoms with Gasteiger partial charge >= 0.3 is 0 Å². The zero-order chi connectivity index (χ0) is 16.2. The Hall–Kier alpha value is -1.20. The molecule has 3 nitrogen and oxygen atoms in total. The minimum atomic E-state index is -0.524. The number of nitrogens with one attached hydrogen (secondary N) is 1. The second-order valence-corrected chi connectivity index (χ2v) is 7.74. The van der Waals surface area contributed by atoms with Crippen molar-refractivity contribution in [2.45, 2.75) is 44.9 Å². The van der Waals surface area contributed by atoms with Crippen LogP contribution in [0.2, 0.25) is 0 Å². The molecule has 126 valence electrons. The summed E-state index contributed by atoms with van der Waals surface area (Å²) in [5.74, 6) is -0.385. The molecular weight excluding hydrogens is 298 g/mol. The highest BCUT2D eigenvalue weighted by atomic mass is 19.1. The molecule has 5 heteroatoms. The van der Waals surface area contributed by atoms with Gasteiger partial charge in [-0.2, -0.15) is 0 Å². The summed E-state index contributed by atoms with van der Waals surface area (Å²) in [7, 11) is 0. The van der Waals surface area contributed by atoms with Crippen LogP contribution >= 0.6 is 0 Å². The first-order chi connectivity index (χ1) is 11.0. The standard InChI is InChI=1S/C18H24F2N2O/c1-18(2)16(13-6-8-23-17(13)18)21-12-5-7-22(10-12)15-4-3-11(19)9-14(15)20/h3-4,9,12-13,16-17,21H,5-8,10H2,1-2H3/t12-,13-,16-,17-/m1/s1. The highest BCUT2D eigenvalue weighted by Crippen LogP contribution is 2.52. The van der Waals surface area contributed by atoms with Gasteiger partial charge in [0, 0.05) is 49.2 Å². The van der Waals surface area contributed by atoms with Crippen LogP contribution in [0.5, 0.6) is 0 Å². The first-order valence-corrected chi connectivity index (χ1v) is 8.54. The Bertz CT molecular complexity index is 607. The lowest BCUT2D eigenvalue weighted by Crippen LogP contribution is -2.67. The minimum Gasteiger partial charge on any atom is -0.377 e. The van der Waals surface area contributed by atoms with Crippen molar-refractivity contribution in [3.05, 3.63) is 29.8 Å². The quantitative estimate of drug-likeness (QED) is 0.926. The van der Waals surface area contributed by atoms with Gasteiger partial charge in [0.15, 0.2) is 0 Å². The van der Waals surface area contributed by atoms with E-state index in [1.807, 2.05) is 4.90 Å². The molecule has 1 N–H and O–H groups in total. The van der Waals surface area contributed by atoms with E-state index < -0.39 is 11.6 Å². The lowest BCUT2D eigenvalue weighted by atomic mass is 9.57. The predicted molar refractivity (Wildman–Crippen MR) is 85.5 cm³/mol. The summed E-state index contributed by atoms with van der Waals surface area (Å²) in [4.78, 5) is 2.01. The molecule has 2 heterocycles. The third-order valence-electron chi connectivity index (χ3n) is 5.95. The van der Waals surface area contributed by atoms with E-state index in [0.717, 1.165) is 38.6 Å². The maximum Gasteiger partial charge on any atom is 0.149 e. The number of rotatable bonds is 3. The molecule has 1 aliphatic carbocycles. The van der Waals surface area contributed by atoms with Crippen molar-refractivity contribution in [1.82, 2.24) is 5.32 Å². The number of halogens is 2. The first-order valence-electron chi connectivity index (χ1n) is 8.54. The Morgan fingerprint density at radius 1 is 1.26 bits per heavy atom. The number of benzene rings is 1. The van der Waals surface area contributed by atoms with E-state index in [1.54, 1.807) is 6.07 Å². The van der Waals surface area contributed by atoms with Crippen LogP contribution in [0, 0.1) is 23.0 Å². The molecule has 0 unspecified atom stereocenters. The Morgan fingerprint density at radius 2 is 2.09 bits per heavy atom. The number of ether oxygens (including phenoxy) is 1. The van der Waals surface area contributed by atoms with E-state index in [0.29, 0.717) is 29.8 Å². The maximum absolute atomic E-state index is 13.9. The van der Waals surface area contributed by atoms with Gasteiger partial charge in [-0.25, -0.2) is 8.78 Å². The van der Waals surface area contributed by atoms with Crippen LogP contribution in [0.3, 0.4) is 0 Å². The fourth-order valence-corrected chi connectivity index (χ4v) is 4.77. The Balaban J connectivity index is 1.41. The van der Waals surface area contributed by atoms with Crippen molar-refractivity contribution in [1.29, 1.82) is 0 Å². The van der Waals surface area contributed by atoms with E-state index in [9.17, 15) is 8.78 Å². The van der Waals surface area contributed by atoms with Crippen LogP contribution in [-0.2, 0) is 4.74 Å². The van der Waals surface area contributed by atoms with Crippen LogP contribution < -0.4 is 10.2 Å². The third-order valence-corrected chi connectivity index (χ3v) is 5.95. The monoisotopic (exact) mass is 322 g/mol. The molecule has 1 aromatic carbocycles. The average molecular weight is 322 g/mol. The highest BCUT2D eigenvalue weighted by Gasteiger charge is 2.59. The summed E-state index contributed by atoms with van der Waals surface area (Å²) in [6.45, 7) is 6.98. The molecule has 2 saturated heterocycles. The molecule has 0 radical (unpaired) electrons. The fraction of sp³-hybridized carbons (Fsp3) is 0.667. The van der Waals surface area contributed by atoms with Crippen molar-refractivity contribution in [3.8, 4) is 0 Å². The molecule has 2 aliphatic heterocycles. The third kappa shape index (κ3) is 2.45. The highest BCUT2D eigenvalue weighted by molar-refractivity contribution is 5.49. The largest absolute Gasteiger partial charge is 0.377 e. The number of hydrogen-bond donors (Lipinski definition) is 1. The first kappa shape index (κ1) is 15.3. The summed E-state index contributed by atoms with van der Waals surface area (Å²) in [5, 5.41) is 3.79. The topological polar surface area (TPSA) is 24.5 Å². The Kier molecular flexibility index (Phi) is 3.61. The van der Waals surface area contributed by atoms with E-state index in [2.05, 4.69) is 19.2 Å². The van der Waals surface area contributed by atoms with Gasteiger partial charge in [0.25, 0.3) is 0 Å².